The Morgan fingerprint density at radius 3 is 2.63 bits per heavy atom. The lowest BCUT2D eigenvalue weighted by atomic mass is 10.1. The van der Waals surface area contributed by atoms with Gasteiger partial charge in [-0.15, -0.1) is 0 Å². The van der Waals surface area contributed by atoms with Gasteiger partial charge in [0.1, 0.15) is 16.4 Å². The van der Waals surface area contributed by atoms with Crippen molar-refractivity contribution in [1.82, 2.24) is 9.97 Å². The molecule has 4 aromatic rings. The first kappa shape index (κ1) is 19.8. The molecule has 2 aromatic heterocycles. The molecule has 0 spiro atoms. The summed E-state index contributed by atoms with van der Waals surface area (Å²) in [6, 6.07) is 14.8. The first-order valence-electron chi connectivity index (χ1n) is 8.61. The van der Waals surface area contributed by atoms with E-state index in [0.29, 0.717) is 21.5 Å². The molecular weight excluding hydrogens is 428 g/mol. The second-order valence-electron chi connectivity index (χ2n) is 6.18. The number of fused-ring (bicyclic) bond motifs is 1. The number of furan rings is 1. The Kier molecular flexibility index (Phi) is 5.35. The van der Waals surface area contributed by atoms with E-state index in [4.69, 9.17) is 21.1 Å². The highest BCUT2D eigenvalue weighted by Crippen LogP contribution is 2.33. The van der Waals surface area contributed by atoms with Crippen LogP contribution in [-0.2, 0) is 4.79 Å². The smallest absolute Gasteiger partial charge is 0.342 e. The maximum Gasteiger partial charge on any atom is 0.342 e. The van der Waals surface area contributed by atoms with Crippen molar-refractivity contribution in [2.75, 3.05) is 0 Å². The number of H-pyrrole nitrogens is 1. The van der Waals surface area contributed by atoms with Crippen molar-refractivity contribution in [2.24, 2.45) is 0 Å². The third-order valence-electron chi connectivity index (χ3n) is 4.16. The van der Waals surface area contributed by atoms with E-state index < -0.39 is 11.9 Å². The summed E-state index contributed by atoms with van der Waals surface area (Å²) in [6.45, 7) is 0. The summed E-state index contributed by atoms with van der Waals surface area (Å²) < 4.78 is 5.70. The molecule has 0 bridgehead atoms. The molecule has 2 heterocycles. The Bertz CT molecular complexity index is 1270. The lowest BCUT2D eigenvalue weighted by Gasteiger charge is -2.03. The largest absolute Gasteiger partial charge is 0.478 e. The molecule has 4 rings (SSSR count). The van der Waals surface area contributed by atoms with Crippen molar-refractivity contribution in [1.29, 1.82) is 0 Å². The van der Waals surface area contributed by atoms with Crippen LogP contribution >= 0.6 is 23.4 Å². The van der Waals surface area contributed by atoms with Crippen LogP contribution in [0.3, 0.4) is 0 Å². The van der Waals surface area contributed by atoms with Crippen molar-refractivity contribution in [3.63, 3.8) is 0 Å². The molecular formula is C21H13ClN2O5S. The second-order valence-corrected chi connectivity index (χ2v) is 7.61. The number of para-hydroxylation sites is 2. The predicted octanol–water partition coefficient (Wildman–Crippen LogP) is 5.39. The quantitative estimate of drug-likeness (QED) is 0.271. The van der Waals surface area contributed by atoms with E-state index >= 15 is 0 Å². The molecule has 0 atom stereocenters. The highest BCUT2D eigenvalue weighted by atomic mass is 35.5. The molecule has 0 radical (unpaired) electrons. The number of benzene rings is 2. The summed E-state index contributed by atoms with van der Waals surface area (Å²) in [5.41, 5.74) is 2.00. The Morgan fingerprint density at radius 2 is 1.90 bits per heavy atom. The SMILES string of the molecule is O=C(O)/C(=C/c1ccc(-c2cc(C(=O)O)ccc2Cl)o1)Sc1nc2ccccc2[nH]1. The zero-order valence-corrected chi connectivity index (χ0v) is 16.7. The molecule has 3 N–H and O–H groups in total. The van der Waals surface area contributed by atoms with Gasteiger partial charge in [-0.2, -0.15) is 0 Å². The Balaban J connectivity index is 1.64. The third kappa shape index (κ3) is 4.10. The lowest BCUT2D eigenvalue weighted by molar-refractivity contribution is -0.131. The van der Waals surface area contributed by atoms with Gasteiger partial charge < -0.3 is 19.6 Å². The van der Waals surface area contributed by atoms with Crippen molar-refractivity contribution < 1.29 is 24.2 Å². The molecule has 2 aromatic carbocycles. The van der Waals surface area contributed by atoms with Gasteiger partial charge in [0.2, 0.25) is 0 Å². The Morgan fingerprint density at radius 1 is 1.10 bits per heavy atom. The molecule has 0 aliphatic heterocycles. The molecule has 0 saturated carbocycles. The highest BCUT2D eigenvalue weighted by Gasteiger charge is 2.16. The Hall–Kier alpha value is -3.49. The van der Waals surface area contributed by atoms with E-state index in [0.717, 1.165) is 22.8 Å². The predicted molar refractivity (Wildman–Crippen MR) is 114 cm³/mol. The normalized spacial score (nSPS) is 11.7. The van der Waals surface area contributed by atoms with Gasteiger partial charge >= 0.3 is 11.9 Å². The fraction of sp³-hybridized carbons (Fsp3) is 0. The number of aromatic amines is 1. The number of nitrogens with one attached hydrogen (secondary N) is 1. The van der Waals surface area contributed by atoms with Gasteiger partial charge in [-0.05, 0) is 54.2 Å². The summed E-state index contributed by atoms with van der Waals surface area (Å²) in [4.78, 5) is 30.3. The molecule has 9 heteroatoms. The van der Waals surface area contributed by atoms with Gasteiger partial charge in [-0.3, -0.25) is 0 Å². The minimum atomic E-state index is -1.13. The monoisotopic (exact) mass is 440 g/mol. The van der Waals surface area contributed by atoms with E-state index in [-0.39, 0.29) is 16.2 Å². The van der Waals surface area contributed by atoms with Crippen LogP contribution in [0.4, 0.5) is 0 Å². The summed E-state index contributed by atoms with van der Waals surface area (Å²) >= 11 is 7.13. The van der Waals surface area contributed by atoms with E-state index in [1.165, 1.54) is 24.3 Å². The molecule has 0 aliphatic rings. The number of nitrogens with zero attached hydrogens (tertiary/aromatic N) is 1. The summed E-state index contributed by atoms with van der Waals surface area (Å²) in [5.74, 6) is -1.62. The van der Waals surface area contributed by atoms with Crippen LogP contribution in [-0.4, -0.2) is 32.1 Å². The minimum absolute atomic E-state index is 0.000315. The summed E-state index contributed by atoms with van der Waals surface area (Å²) in [5, 5.41) is 19.5. The van der Waals surface area contributed by atoms with Crippen LogP contribution in [0.5, 0.6) is 0 Å². The number of hydrogen-bond acceptors (Lipinski definition) is 5. The van der Waals surface area contributed by atoms with Crippen molar-refractivity contribution >= 4 is 52.4 Å². The average Bonchev–Trinajstić information content (AvgIpc) is 3.34. The lowest BCUT2D eigenvalue weighted by Crippen LogP contribution is -1.97. The van der Waals surface area contributed by atoms with Gasteiger partial charge in [-0.1, -0.05) is 23.7 Å². The summed E-state index contributed by atoms with van der Waals surface area (Å²) in [7, 11) is 0. The van der Waals surface area contributed by atoms with Gasteiger partial charge in [0.25, 0.3) is 0 Å². The van der Waals surface area contributed by atoms with Crippen molar-refractivity contribution in [3.8, 4) is 11.3 Å². The van der Waals surface area contributed by atoms with Crippen molar-refractivity contribution in [2.45, 2.75) is 5.16 Å². The number of hydrogen-bond donors (Lipinski definition) is 3. The van der Waals surface area contributed by atoms with Crippen molar-refractivity contribution in [3.05, 3.63) is 75.8 Å². The van der Waals surface area contributed by atoms with Crippen LogP contribution < -0.4 is 0 Å². The molecule has 150 valence electrons. The molecule has 0 aliphatic carbocycles. The molecule has 0 amide bonds. The molecule has 0 fully saturated rings. The molecule has 7 nitrogen and oxygen atoms in total. The fourth-order valence-corrected chi connectivity index (χ4v) is 3.75. The number of halogens is 1. The zero-order valence-electron chi connectivity index (χ0n) is 15.1. The number of aromatic carboxylic acids is 1. The fourth-order valence-electron chi connectivity index (χ4n) is 2.77. The zero-order chi connectivity index (χ0) is 21.3. The average molecular weight is 441 g/mol. The van der Waals surface area contributed by atoms with Crippen LogP contribution in [0.25, 0.3) is 28.4 Å². The first-order chi connectivity index (χ1) is 14.4. The van der Waals surface area contributed by atoms with Crippen LogP contribution in [0.1, 0.15) is 16.1 Å². The van der Waals surface area contributed by atoms with Gasteiger partial charge in [0.05, 0.1) is 21.6 Å². The third-order valence-corrected chi connectivity index (χ3v) is 5.39. The standard InChI is InChI=1S/C21H13ClN2O5S/c22-14-7-5-11(19(25)26)9-13(14)17-8-6-12(29-17)10-18(20(27)28)30-21-23-15-3-1-2-4-16(15)24-21/h1-10H,(H,23,24)(H,25,26)(H,27,28)/b18-10-. The first-order valence-corrected chi connectivity index (χ1v) is 9.81. The molecule has 0 unspecified atom stereocenters. The van der Waals surface area contributed by atoms with Gasteiger partial charge in [0.15, 0.2) is 5.16 Å². The molecule has 30 heavy (non-hydrogen) atoms. The van der Waals surface area contributed by atoms with Gasteiger partial charge in [-0.25, -0.2) is 14.6 Å². The number of thioether (sulfide) groups is 1. The molecule has 0 saturated heterocycles. The number of aromatic nitrogens is 2. The van der Waals surface area contributed by atoms with E-state index in [9.17, 15) is 14.7 Å². The Labute approximate surface area is 179 Å². The van der Waals surface area contributed by atoms with Crippen LogP contribution in [0.2, 0.25) is 5.02 Å². The summed E-state index contributed by atoms with van der Waals surface area (Å²) in [6.07, 6.45) is 1.37. The van der Waals surface area contributed by atoms with E-state index in [1.807, 2.05) is 24.3 Å². The number of carboxylic acids is 2. The number of imidazole rings is 1. The maximum absolute atomic E-state index is 11.7. The number of aliphatic carboxylic acids is 1. The second kappa shape index (κ2) is 8.10. The van der Waals surface area contributed by atoms with Gasteiger partial charge in [0, 0.05) is 11.6 Å². The van der Waals surface area contributed by atoms with E-state index in [2.05, 4.69) is 9.97 Å². The van der Waals surface area contributed by atoms with Crippen LogP contribution in [0.15, 0.2) is 69.1 Å². The number of rotatable bonds is 6. The number of carboxylic acid groups (broad SMARTS) is 2. The topological polar surface area (TPSA) is 116 Å². The number of carbonyl (C=O) groups is 2. The highest BCUT2D eigenvalue weighted by molar-refractivity contribution is 8.04. The van der Waals surface area contributed by atoms with E-state index in [1.54, 1.807) is 12.1 Å². The van der Waals surface area contributed by atoms with Crippen LogP contribution in [0, 0.1) is 0 Å². The maximum atomic E-state index is 11.7. The minimum Gasteiger partial charge on any atom is -0.478 e.